The maximum Gasteiger partial charge on any atom is 0.414 e. The molecule has 0 radical (unpaired) electrons. The van der Waals surface area contributed by atoms with Crippen LogP contribution in [-0.4, -0.2) is 54.7 Å². The zero-order valence-corrected chi connectivity index (χ0v) is 14.7. The summed E-state index contributed by atoms with van der Waals surface area (Å²) in [6.45, 7) is 4.53. The van der Waals surface area contributed by atoms with E-state index in [1.54, 1.807) is 9.80 Å². The third-order valence-electron chi connectivity index (χ3n) is 5.44. The molecular weight excluding hydrogens is 344 g/mol. The van der Waals surface area contributed by atoms with Crippen LogP contribution in [0.5, 0.6) is 0 Å². The smallest absolute Gasteiger partial charge is 0.414 e. The van der Waals surface area contributed by atoms with Gasteiger partial charge in [0, 0.05) is 32.1 Å². The first kappa shape index (κ1) is 17.1. The number of hydrogen-bond donors (Lipinski definition) is 0. The van der Waals surface area contributed by atoms with Gasteiger partial charge in [-0.2, -0.15) is 0 Å². The number of piperazine rings is 1. The summed E-state index contributed by atoms with van der Waals surface area (Å²) in [7, 11) is 0. The number of ether oxygens (including phenoxy) is 1. The third-order valence-corrected chi connectivity index (χ3v) is 5.44. The summed E-state index contributed by atoms with van der Waals surface area (Å²) >= 11 is 0. The molecule has 0 N–H and O–H groups in total. The number of benzene rings is 1. The highest BCUT2D eigenvalue weighted by molar-refractivity contribution is 5.90. The Morgan fingerprint density at radius 3 is 2.50 bits per heavy atom. The number of carbonyl (C=O) groups is 2. The number of halogens is 2. The molecule has 2 saturated heterocycles. The molecule has 0 aromatic heterocycles. The molecule has 1 aliphatic carbocycles. The highest BCUT2D eigenvalue weighted by Crippen LogP contribution is 2.42. The topological polar surface area (TPSA) is 53.1 Å². The van der Waals surface area contributed by atoms with Crippen LogP contribution in [0.3, 0.4) is 0 Å². The van der Waals surface area contributed by atoms with Gasteiger partial charge in [-0.3, -0.25) is 9.69 Å². The van der Waals surface area contributed by atoms with Crippen molar-refractivity contribution in [1.29, 1.82) is 0 Å². The van der Waals surface area contributed by atoms with Crippen molar-refractivity contribution < 1.29 is 23.1 Å². The van der Waals surface area contributed by atoms with Crippen molar-refractivity contribution >= 4 is 23.4 Å². The summed E-state index contributed by atoms with van der Waals surface area (Å²) in [4.78, 5) is 28.2. The normalized spacial score (nSPS) is 27.5. The lowest BCUT2D eigenvalue weighted by Crippen LogP contribution is -2.48. The summed E-state index contributed by atoms with van der Waals surface area (Å²) in [5.41, 5.74) is 0.0866. The Kier molecular flexibility index (Phi) is 4.00. The van der Waals surface area contributed by atoms with Gasteiger partial charge < -0.3 is 14.5 Å². The standard InChI is InChI=1S/C18H21F2N3O3/c1-3-12-9-23(18(25)26-12)11-6-13(19)17(14(20)7-11)22-5-4-21(10(2)24)15-8-16(15)22/h6-7,12,15-16H,3-5,8-9H2,1-2H3/t12-,15?,16?/m0/s1. The molecule has 140 valence electrons. The number of amides is 2. The Morgan fingerprint density at radius 1 is 1.23 bits per heavy atom. The van der Waals surface area contributed by atoms with Crippen LogP contribution in [0.25, 0.3) is 0 Å². The van der Waals surface area contributed by atoms with Crippen LogP contribution in [0.4, 0.5) is 25.0 Å². The van der Waals surface area contributed by atoms with Crippen molar-refractivity contribution in [3.8, 4) is 0 Å². The van der Waals surface area contributed by atoms with Crippen LogP contribution in [0, 0.1) is 11.6 Å². The maximum absolute atomic E-state index is 14.8. The quantitative estimate of drug-likeness (QED) is 0.826. The van der Waals surface area contributed by atoms with Crippen LogP contribution in [0.15, 0.2) is 12.1 Å². The Hall–Kier alpha value is -2.38. The number of fused-ring (bicyclic) bond motifs is 1. The van der Waals surface area contributed by atoms with Gasteiger partial charge in [-0.1, -0.05) is 6.92 Å². The van der Waals surface area contributed by atoms with E-state index in [2.05, 4.69) is 0 Å². The van der Waals surface area contributed by atoms with Gasteiger partial charge in [-0.25, -0.2) is 13.6 Å². The molecule has 3 fully saturated rings. The minimum absolute atomic E-state index is 0.00790. The van der Waals surface area contributed by atoms with E-state index in [0.717, 1.165) is 6.42 Å². The molecule has 2 unspecified atom stereocenters. The van der Waals surface area contributed by atoms with Gasteiger partial charge in [0.1, 0.15) is 11.8 Å². The first-order valence-corrected chi connectivity index (χ1v) is 8.91. The van der Waals surface area contributed by atoms with E-state index in [1.807, 2.05) is 6.92 Å². The lowest BCUT2D eigenvalue weighted by Gasteiger charge is -2.35. The Labute approximate surface area is 150 Å². The second kappa shape index (κ2) is 6.10. The van der Waals surface area contributed by atoms with Crippen LogP contribution >= 0.6 is 0 Å². The van der Waals surface area contributed by atoms with Gasteiger partial charge in [0.2, 0.25) is 5.91 Å². The first-order valence-electron chi connectivity index (χ1n) is 8.91. The van der Waals surface area contributed by atoms with Crippen molar-refractivity contribution in [2.24, 2.45) is 0 Å². The zero-order valence-electron chi connectivity index (χ0n) is 14.7. The fourth-order valence-corrected chi connectivity index (χ4v) is 3.98. The molecule has 1 aromatic carbocycles. The highest BCUT2D eigenvalue weighted by atomic mass is 19.1. The van der Waals surface area contributed by atoms with E-state index in [-0.39, 0.29) is 42.0 Å². The fourth-order valence-electron chi connectivity index (χ4n) is 3.98. The van der Waals surface area contributed by atoms with Gasteiger partial charge in [0.25, 0.3) is 0 Å². The second-order valence-corrected chi connectivity index (χ2v) is 7.06. The molecule has 2 heterocycles. The molecule has 3 atom stereocenters. The molecule has 3 aliphatic rings. The number of rotatable bonds is 3. The van der Waals surface area contributed by atoms with Gasteiger partial charge in [0.15, 0.2) is 11.6 Å². The van der Waals surface area contributed by atoms with E-state index >= 15 is 0 Å². The second-order valence-electron chi connectivity index (χ2n) is 7.06. The molecule has 1 aromatic rings. The lowest BCUT2D eigenvalue weighted by atomic mass is 10.2. The number of carbonyl (C=O) groups excluding carboxylic acids is 2. The number of nitrogens with zero attached hydrogens (tertiary/aromatic N) is 3. The molecule has 26 heavy (non-hydrogen) atoms. The van der Waals surface area contributed by atoms with Gasteiger partial charge in [0.05, 0.1) is 24.3 Å². The molecule has 0 bridgehead atoms. The average molecular weight is 365 g/mol. The Bertz CT molecular complexity index is 749. The summed E-state index contributed by atoms with van der Waals surface area (Å²) in [6.07, 6.45) is 0.520. The first-order chi connectivity index (χ1) is 12.4. The summed E-state index contributed by atoms with van der Waals surface area (Å²) in [6, 6.07) is 2.35. The predicted octanol–water partition coefficient (Wildman–Crippen LogP) is 2.51. The summed E-state index contributed by atoms with van der Waals surface area (Å²) in [5, 5.41) is 0. The number of hydrogen-bond acceptors (Lipinski definition) is 4. The van der Waals surface area contributed by atoms with Gasteiger partial charge >= 0.3 is 6.09 Å². The van der Waals surface area contributed by atoms with E-state index in [9.17, 15) is 18.4 Å². The Morgan fingerprint density at radius 2 is 1.92 bits per heavy atom. The molecule has 6 nitrogen and oxygen atoms in total. The molecule has 4 rings (SSSR count). The molecule has 2 amide bonds. The zero-order chi connectivity index (χ0) is 18.6. The lowest BCUT2D eigenvalue weighted by molar-refractivity contribution is -0.129. The molecule has 0 spiro atoms. The van der Waals surface area contributed by atoms with Crippen LogP contribution in [0.2, 0.25) is 0 Å². The van der Waals surface area contributed by atoms with Crippen LogP contribution < -0.4 is 9.80 Å². The average Bonchev–Trinajstić information content (AvgIpc) is 3.29. The molecule has 1 saturated carbocycles. The number of anilines is 2. The third kappa shape index (κ3) is 2.68. The van der Waals surface area contributed by atoms with Crippen molar-refractivity contribution in [2.45, 2.75) is 44.9 Å². The van der Waals surface area contributed by atoms with E-state index in [4.69, 9.17) is 4.74 Å². The molecule has 8 heteroatoms. The van der Waals surface area contributed by atoms with Crippen molar-refractivity contribution in [3.05, 3.63) is 23.8 Å². The van der Waals surface area contributed by atoms with E-state index in [1.165, 1.54) is 24.0 Å². The fraction of sp³-hybridized carbons (Fsp3) is 0.556. The van der Waals surface area contributed by atoms with E-state index in [0.29, 0.717) is 19.5 Å². The highest BCUT2D eigenvalue weighted by Gasteiger charge is 2.51. The predicted molar refractivity (Wildman–Crippen MR) is 91.2 cm³/mol. The number of cyclic esters (lactones) is 1. The Balaban J connectivity index is 1.58. The summed E-state index contributed by atoms with van der Waals surface area (Å²) < 4.78 is 34.7. The van der Waals surface area contributed by atoms with Crippen molar-refractivity contribution in [1.82, 2.24) is 4.90 Å². The molecule has 2 aliphatic heterocycles. The van der Waals surface area contributed by atoms with Gasteiger partial charge in [-0.15, -0.1) is 0 Å². The van der Waals surface area contributed by atoms with E-state index < -0.39 is 17.7 Å². The SMILES string of the molecule is CC[C@H]1CN(c2cc(F)c(N3CCN(C(C)=O)C4CC43)c(F)c2)C(=O)O1. The van der Waals surface area contributed by atoms with Crippen LogP contribution in [-0.2, 0) is 9.53 Å². The van der Waals surface area contributed by atoms with Crippen LogP contribution in [0.1, 0.15) is 26.7 Å². The maximum atomic E-state index is 14.8. The monoisotopic (exact) mass is 365 g/mol. The molecular formula is C18H21F2N3O3. The van der Waals surface area contributed by atoms with Crippen molar-refractivity contribution in [2.75, 3.05) is 29.4 Å². The van der Waals surface area contributed by atoms with Crippen molar-refractivity contribution in [3.63, 3.8) is 0 Å². The largest absolute Gasteiger partial charge is 0.444 e. The van der Waals surface area contributed by atoms with Gasteiger partial charge in [-0.05, 0) is 12.8 Å². The summed E-state index contributed by atoms with van der Waals surface area (Å²) in [5.74, 6) is -1.41. The minimum atomic E-state index is -0.699. The minimum Gasteiger partial charge on any atom is -0.444 e.